The first-order chi connectivity index (χ1) is 8.87. The Morgan fingerprint density at radius 3 is 2.63 bits per heavy atom. The lowest BCUT2D eigenvalue weighted by atomic mass is 9.49. The molecule has 0 bridgehead atoms. The molecule has 0 aromatic heterocycles. The number of fused-ring (bicyclic) bond motifs is 3. The molecule has 0 radical (unpaired) electrons. The summed E-state index contributed by atoms with van der Waals surface area (Å²) in [5, 5.41) is 10.3. The molecule has 3 rings (SSSR count). The highest BCUT2D eigenvalue weighted by atomic mass is 16.3. The van der Waals surface area contributed by atoms with E-state index in [1.165, 1.54) is 5.56 Å². The van der Waals surface area contributed by atoms with E-state index in [-0.39, 0.29) is 28.6 Å². The van der Waals surface area contributed by atoms with Gasteiger partial charge in [0, 0.05) is 12.0 Å². The number of benzene rings is 1. The second-order valence-electron chi connectivity index (χ2n) is 7.02. The molecule has 1 unspecified atom stereocenters. The van der Waals surface area contributed by atoms with Gasteiger partial charge in [-0.3, -0.25) is 4.79 Å². The number of carbonyl (C=O) groups is 1. The maximum atomic E-state index is 12.4. The summed E-state index contributed by atoms with van der Waals surface area (Å²) in [7, 11) is 0. The lowest BCUT2D eigenvalue weighted by Gasteiger charge is -2.55. The van der Waals surface area contributed by atoms with Crippen molar-refractivity contribution in [3.8, 4) is 0 Å². The van der Waals surface area contributed by atoms with Crippen molar-refractivity contribution in [3.63, 3.8) is 0 Å². The standard InChI is InChI=1S/C17H22O2/c1-16(2)14-10-13(18)11-6-4-5-7-12(11)17(14,3)9-8-15(16)19/h4-7,14-15,19H,8-10H2,1-3H3/t14-,15?,17+/m0/s1. The van der Waals surface area contributed by atoms with Crippen molar-refractivity contribution in [2.75, 3.05) is 0 Å². The smallest absolute Gasteiger partial charge is 0.163 e. The van der Waals surface area contributed by atoms with Gasteiger partial charge in [-0.2, -0.15) is 0 Å². The zero-order valence-corrected chi connectivity index (χ0v) is 11.9. The first kappa shape index (κ1) is 12.9. The van der Waals surface area contributed by atoms with Crippen molar-refractivity contribution in [2.24, 2.45) is 11.3 Å². The molecule has 1 N–H and O–H groups in total. The van der Waals surface area contributed by atoms with Crippen molar-refractivity contribution >= 4 is 5.78 Å². The van der Waals surface area contributed by atoms with Gasteiger partial charge in [0.05, 0.1) is 6.10 Å². The number of hydrogen-bond donors (Lipinski definition) is 1. The van der Waals surface area contributed by atoms with E-state index in [0.29, 0.717) is 6.42 Å². The molecular weight excluding hydrogens is 236 g/mol. The highest BCUT2D eigenvalue weighted by Gasteiger charge is 2.54. The fraction of sp³-hybridized carbons (Fsp3) is 0.588. The van der Waals surface area contributed by atoms with Crippen molar-refractivity contribution in [1.82, 2.24) is 0 Å². The Labute approximate surface area is 114 Å². The van der Waals surface area contributed by atoms with E-state index < -0.39 is 0 Å². The molecule has 2 nitrogen and oxygen atoms in total. The fourth-order valence-corrected chi connectivity index (χ4v) is 4.37. The van der Waals surface area contributed by atoms with Crippen molar-refractivity contribution < 1.29 is 9.90 Å². The molecule has 0 saturated heterocycles. The third kappa shape index (κ3) is 1.62. The maximum Gasteiger partial charge on any atom is 0.163 e. The van der Waals surface area contributed by atoms with Crippen molar-refractivity contribution in [1.29, 1.82) is 0 Å². The van der Waals surface area contributed by atoms with E-state index in [4.69, 9.17) is 0 Å². The summed E-state index contributed by atoms with van der Waals surface area (Å²) in [6.45, 7) is 6.50. The number of aliphatic hydroxyl groups excluding tert-OH is 1. The molecule has 0 spiro atoms. The number of aliphatic hydroxyl groups is 1. The second kappa shape index (κ2) is 3.92. The van der Waals surface area contributed by atoms with E-state index in [0.717, 1.165) is 18.4 Å². The predicted octanol–water partition coefficient (Wildman–Crippen LogP) is 3.33. The highest BCUT2D eigenvalue weighted by molar-refractivity contribution is 5.99. The third-order valence-electron chi connectivity index (χ3n) is 5.70. The number of ketones is 1. The Balaban J connectivity index is 2.18. The summed E-state index contributed by atoms with van der Waals surface area (Å²) in [4.78, 5) is 12.4. The van der Waals surface area contributed by atoms with Crippen molar-refractivity contribution in [3.05, 3.63) is 35.4 Å². The summed E-state index contributed by atoms with van der Waals surface area (Å²) in [5.41, 5.74) is 1.91. The van der Waals surface area contributed by atoms with E-state index in [1.54, 1.807) is 0 Å². The molecule has 2 heteroatoms. The molecule has 1 fully saturated rings. The Morgan fingerprint density at radius 1 is 1.21 bits per heavy atom. The lowest BCUT2D eigenvalue weighted by Crippen LogP contribution is -2.54. The van der Waals surface area contributed by atoms with Crippen LogP contribution in [0.3, 0.4) is 0 Å². The van der Waals surface area contributed by atoms with Crippen LogP contribution < -0.4 is 0 Å². The van der Waals surface area contributed by atoms with Crippen LogP contribution in [0.4, 0.5) is 0 Å². The van der Waals surface area contributed by atoms with Gasteiger partial charge in [0.25, 0.3) is 0 Å². The van der Waals surface area contributed by atoms with Crippen molar-refractivity contribution in [2.45, 2.75) is 51.6 Å². The first-order valence-corrected chi connectivity index (χ1v) is 7.18. The minimum absolute atomic E-state index is 0.0211. The van der Waals surface area contributed by atoms with Gasteiger partial charge in [-0.25, -0.2) is 0 Å². The zero-order chi connectivity index (χ0) is 13.8. The summed E-state index contributed by atoms with van der Waals surface area (Å²) in [5.74, 6) is 0.464. The Hall–Kier alpha value is -1.15. The van der Waals surface area contributed by atoms with Crippen LogP contribution >= 0.6 is 0 Å². The monoisotopic (exact) mass is 258 g/mol. The van der Waals surface area contributed by atoms with E-state index in [2.05, 4.69) is 26.8 Å². The predicted molar refractivity (Wildman–Crippen MR) is 75.3 cm³/mol. The molecule has 102 valence electrons. The first-order valence-electron chi connectivity index (χ1n) is 7.18. The summed E-state index contributed by atoms with van der Waals surface area (Å²) < 4.78 is 0. The van der Waals surface area contributed by atoms with Gasteiger partial charge >= 0.3 is 0 Å². The zero-order valence-electron chi connectivity index (χ0n) is 11.9. The molecule has 3 atom stereocenters. The topological polar surface area (TPSA) is 37.3 Å². The minimum Gasteiger partial charge on any atom is -0.393 e. The number of Topliss-reactive ketones (excluding diaryl/α,β-unsaturated/α-hetero) is 1. The maximum absolute atomic E-state index is 12.4. The van der Waals surface area contributed by atoms with Crippen LogP contribution in [0.25, 0.3) is 0 Å². The fourth-order valence-electron chi connectivity index (χ4n) is 4.37. The highest BCUT2D eigenvalue weighted by Crippen LogP contribution is 2.56. The van der Waals surface area contributed by atoms with Gasteiger partial charge < -0.3 is 5.11 Å². The van der Waals surface area contributed by atoms with Gasteiger partial charge in [-0.15, -0.1) is 0 Å². The van der Waals surface area contributed by atoms with Crippen LogP contribution in [-0.4, -0.2) is 17.0 Å². The van der Waals surface area contributed by atoms with E-state index in [9.17, 15) is 9.90 Å². The van der Waals surface area contributed by atoms with E-state index >= 15 is 0 Å². The number of carbonyl (C=O) groups excluding carboxylic acids is 1. The average Bonchev–Trinajstić information content (AvgIpc) is 2.39. The number of rotatable bonds is 0. The van der Waals surface area contributed by atoms with Gasteiger partial charge in [0.1, 0.15) is 0 Å². The third-order valence-corrected chi connectivity index (χ3v) is 5.70. The molecule has 19 heavy (non-hydrogen) atoms. The molecule has 0 amide bonds. The average molecular weight is 258 g/mol. The van der Waals surface area contributed by atoms with Crippen LogP contribution in [0, 0.1) is 11.3 Å². The van der Waals surface area contributed by atoms with Crippen LogP contribution in [-0.2, 0) is 5.41 Å². The van der Waals surface area contributed by atoms with E-state index in [1.807, 2.05) is 18.2 Å². The molecule has 1 saturated carbocycles. The lowest BCUT2D eigenvalue weighted by molar-refractivity contribution is -0.0687. The number of hydrogen-bond acceptors (Lipinski definition) is 2. The molecular formula is C17H22O2. The minimum atomic E-state index is -0.302. The van der Waals surface area contributed by atoms with Gasteiger partial charge in [0.15, 0.2) is 5.78 Å². The molecule has 1 aromatic carbocycles. The van der Waals surface area contributed by atoms with Gasteiger partial charge in [-0.1, -0.05) is 45.0 Å². The summed E-state index contributed by atoms with van der Waals surface area (Å²) in [6.07, 6.45) is 2.05. The molecule has 2 aliphatic carbocycles. The summed E-state index contributed by atoms with van der Waals surface area (Å²) >= 11 is 0. The molecule has 1 aromatic rings. The molecule has 2 aliphatic rings. The Bertz CT molecular complexity index is 532. The second-order valence-corrected chi connectivity index (χ2v) is 7.02. The molecule has 0 aliphatic heterocycles. The SMILES string of the molecule is CC1(C)C(O)CC[C@]2(C)c3ccccc3C(=O)C[C@@H]12. The Kier molecular flexibility index (Phi) is 2.66. The van der Waals surface area contributed by atoms with Gasteiger partial charge in [-0.05, 0) is 35.2 Å². The van der Waals surface area contributed by atoms with Crippen LogP contribution in [0.15, 0.2) is 24.3 Å². The quantitative estimate of drug-likeness (QED) is 0.775. The largest absolute Gasteiger partial charge is 0.393 e. The Morgan fingerprint density at radius 2 is 1.89 bits per heavy atom. The van der Waals surface area contributed by atoms with Crippen LogP contribution in [0.5, 0.6) is 0 Å². The van der Waals surface area contributed by atoms with Crippen LogP contribution in [0.2, 0.25) is 0 Å². The molecule has 0 heterocycles. The normalized spacial score (nSPS) is 36.5. The van der Waals surface area contributed by atoms with Crippen LogP contribution in [0.1, 0.15) is 56.0 Å². The van der Waals surface area contributed by atoms with Gasteiger partial charge in [0.2, 0.25) is 0 Å². The summed E-state index contributed by atoms with van der Waals surface area (Å²) in [6, 6.07) is 8.03.